The molecule has 0 aliphatic heterocycles. The summed E-state index contributed by atoms with van der Waals surface area (Å²) < 4.78 is 4.59. The van der Waals surface area contributed by atoms with Crippen molar-refractivity contribution in [2.45, 2.75) is 4.90 Å². The fourth-order valence-electron chi connectivity index (χ4n) is 2.83. The zero-order valence-electron chi connectivity index (χ0n) is 16.2. The Hall–Kier alpha value is -1.37. The summed E-state index contributed by atoms with van der Waals surface area (Å²) in [4.78, 5) is 1.22. The zero-order valence-corrected chi connectivity index (χ0v) is 19.8. The molecular weight excluding hydrogens is 458 g/mol. The Balaban J connectivity index is 0.000000264. The van der Waals surface area contributed by atoms with Crippen LogP contribution in [-0.4, -0.2) is 19.8 Å². The van der Waals surface area contributed by atoms with E-state index in [2.05, 4.69) is 97.3 Å². The fourth-order valence-corrected chi connectivity index (χ4v) is 10.5. The van der Waals surface area contributed by atoms with Crippen LogP contribution in [-0.2, 0) is 0 Å². The molecule has 0 saturated carbocycles. The monoisotopic (exact) mass is 481 g/mol. The van der Waals surface area contributed by atoms with Gasteiger partial charge in [0.1, 0.15) is 0 Å². The normalized spacial score (nSPS) is 9.79. The molecule has 133 valence electrons. The third-order valence-electron chi connectivity index (χ3n) is 4.10. The van der Waals surface area contributed by atoms with Crippen molar-refractivity contribution in [3.05, 3.63) is 128 Å². The maximum absolute atomic E-state index is 3.67. The van der Waals surface area contributed by atoms with E-state index in [-0.39, 0.29) is 18.9 Å². The Bertz CT molecular complexity index is 806. The third-order valence-corrected chi connectivity index (χ3v) is 12.5. The maximum atomic E-state index is 3.67. The molecule has 0 spiro atoms. The van der Waals surface area contributed by atoms with Gasteiger partial charge in [0.25, 0.3) is 0 Å². The van der Waals surface area contributed by atoms with Gasteiger partial charge in [0.05, 0.1) is 0 Å². The van der Waals surface area contributed by atoms with Crippen molar-refractivity contribution in [3.63, 3.8) is 0 Å². The first-order valence-electron chi connectivity index (χ1n) is 8.89. The fraction of sp³-hybridized carbons (Fsp3) is 0. The van der Waals surface area contributed by atoms with Gasteiger partial charge in [0.2, 0.25) is 0 Å². The predicted octanol–water partition coefficient (Wildman–Crippen LogP) is 1.78. The molecule has 0 bridgehead atoms. The second kappa shape index (κ2) is 13.0. The van der Waals surface area contributed by atoms with Gasteiger partial charge in [-0.15, -0.1) is 0 Å². The summed E-state index contributed by atoms with van der Waals surface area (Å²) in [7, 11) is 0. The summed E-state index contributed by atoms with van der Waals surface area (Å²) in [6, 6.07) is 43.0. The van der Waals surface area contributed by atoms with E-state index in [9.17, 15) is 0 Å². The van der Waals surface area contributed by atoms with Crippen LogP contribution in [0.25, 0.3) is 0 Å². The topological polar surface area (TPSA) is 0 Å². The molecule has 0 atom stereocenters. The molecule has 4 aromatic carbocycles. The van der Waals surface area contributed by atoms with Crippen molar-refractivity contribution in [1.82, 2.24) is 0 Å². The van der Waals surface area contributed by atoms with Crippen LogP contribution in [0.15, 0.2) is 126 Å². The number of hydrogen-bond acceptors (Lipinski definition) is 1. The zero-order chi connectivity index (χ0) is 18.7. The van der Waals surface area contributed by atoms with Crippen LogP contribution in [0.4, 0.5) is 0 Å². The molecule has 0 amide bonds. The second-order valence-electron chi connectivity index (χ2n) is 5.93. The molecule has 0 nitrogen and oxygen atoms in total. The average molecular weight is 480 g/mol. The minimum absolute atomic E-state index is 0. The molecule has 0 aromatic heterocycles. The molecule has 0 heterocycles. The number of hydrogen-bond donors (Lipinski definition) is 0. The summed E-state index contributed by atoms with van der Waals surface area (Å²) in [6.45, 7) is 0. The SMILES string of the molecule is [CH2-]Sc1ccccc1.[Li+].c1cc[c]([Sn]([c]2ccccc2)[c]2ccccc2)cc1. The number of benzene rings is 4. The molecule has 4 aromatic rings. The van der Waals surface area contributed by atoms with E-state index in [1.807, 2.05) is 30.3 Å². The van der Waals surface area contributed by atoms with E-state index in [0.29, 0.717) is 0 Å². The summed E-state index contributed by atoms with van der Waals surface area (Å²) >= 11 is -0.463. The van der Waals surface area contributed by atoms with Crippen LogP contribution >= 0.6 is 11.8 Å². The first kappa shape index (κ1) is 22.9. The van der Waals surface area contributed by atoms with Gasteiger partial charge in [-0.25, -0.2) is 0 Å². The van der Waals surface area contributed by atoms with Crippen LogP contribution in [0.1, 0.15) is 0 Å². The van der Waals surface area contributed by atoms with Crippen molar-refractivity contribution >= 4 is 42.3 Å². The Morgan fingerprint density at radius 3 is 1.00 bits per heavy atom. The van der Waals surface area contributed by atoms with E-state index < -0.39 is 19.8 Å². The molecule has 4 rings (SSSR count). The van der Waals surface area contributed by atoms with Crippen molar-refractivity contribution in [2.24, 2.45) is 0 Å². The summed E-state index contributed by atoms with van der Waals surface area (Å²) in [6.07, 6.45) is 3.67. The van der Waals surface area contributed by atoms with Gasteiger partial charge in [-0.1, -0.05) is 30.3 Å². The van der Waals surface area contributed by atoms with Crippen molar-refractivity contribution in [1.29, 1.82) is 0 Å². The van der Waals surface area contributed by atoms with Crippen LogP contribution in [0, 0.1) is 6.26 Å². The van der Waals surface area contributed by atoms with Gasteiger partial charge in [-0.3, -0.25) is 6.26 Å². The molecule has 0 fully saturated rings. The standard InChI is InChI=1S/C7H7S.3C6H5.Li.Sn/c1-8-7-5-3-2-4-6-7;3*1-2-4-6-5-3-1;;/h2-6H,1H2;3*1-5H;;/q-1;;;;+1;. The molecule has 1 radical (unpaired) electrons. The third kappa shape index (κ3) is 6.90. The van der Waals surface area contributed by atoms with E-state index in [4.69, 9.17) is 0 Å². The Morgan fingerprint density at radius 1 is 0.464 bits per heavy atom. The molecule has 28 heavy (non-hydrogen) atoms. The molecule has 0 N–H and O–H groups in total. The average Bonchev–Trinajstić information content (AvgIpc) is 2.77. The van der Waals surface area contributed by atoms with E-state index in [0.717, 1.165) is 0 Å². The van der Waals surface area contributed by atoms with Crippen molar-refractivity contribution < 1.29 is 18.9 Å². The number of rotatable bonds is 4. The van der Waals surface area contributed by atoms with Gasteiger partial charge in [0, 0.05) is 0 Å². The molecule has 0 aliphatic carbocycles. The van der Waals surface area contributed by atoms with E-state index in [1.165, 1.54) is 27.4 Å². The van der Waals surface area contributed by atoms with Crippen LogP contribution in [0.3, 0.4) is 0 Å². The van der Waals surface area contributed by atoms with E-state index >= 15 is 0 Å². The molecule has 0 unspecified atom stereocenters. The Morgan fingerprint density at radius 2 is 0.750 bits per heavy atom. The van der Waals surface area contributed by atoms with Gasteiger partial charge < -0.3 is 11.8 Å². The van der Waals surface area contributed by atoms with Crippen LogP contribution < -0.4 is 29.6 Å². The van der Waals surface area contributed by atoms with Gasteiger partial charge in [-0.2, -0.15) is 0 Å². The summed E-state index contributed by atoms with van der Waals surface area (Å²) in [5.74, 6) is 0. The Labute approximate surface area is 192 Å². The van der Waals surface area contributed by atoms with Gasteiger partial charge >= 0.3 is 140 Å². The molecule has 0 saturated heterocycles. The van der Waals surface area contributed by atoms with Gasteiger partial charge in [-0.05, 0) is 4.90 Å². The molecular formula is C25H22LiSSn. The van der Waals surface area contributed by atoms with Crippen molar-refractivity contribution in [3.8, 4) is 0 Å². The second-order valence-corrected chi connectivity index (χ2v) is 13.8. The minimum atomic E-state index is -1.98. The van der Waals surface area contributed by atoms with E-state index in [1.54, 1.807) is 0 Å². The molecule has 3 heteroatoms. The first-order chi connectivity index (χ1) is 13.4. The Kier molecular flexibility index (Phi) is 10.6. The van der Waals surface area contributed by atoms with Crippen molar-refractivity contribution in [2.75, 3.05) is 0 Å². The molecule has 0 aliphatic rings. The number of thioether (sulfide) groups is 1. The summed E-state index contributed by atoms with van der Waals surface area (Å²) in [5, 5.41) is 0. The quantitative estimate of drug-likeness (QED) is 0.244. The van der Waals surface area contributed by atoms with Crippen LogP contribution in [0.2, 0.25) is 0 Å². The van der Waals surface area contributed by atoms with Gasteiger partial charge in [0.15, 0.2) is 0 Å². The predicted molar refractivity (Wildman–Crippen MR) is 122 cm³/mol. The summed E-state index contributed by atoms with van der Waals surface area (Å²) in [5.41, 5.74) is 0. The first-order valence-corrected chi connectivity index (χ1v) is 14.2. The van der Waals surface area contributed by atoms with Crippen LogP contribution in [0.5, 0.6) is 0 Å².